The highest BCUT2D eigenvalue weighted by Crippen LogP contribution is 2.44. The number of ether oxygens (including phenoxy) is 1. The molecule has 0 saturated carbocycles. The molecule has 3 aromatic carbocycles. The largest absolute Gasteiger partial charge is 0.480 e. The van der Waals surface area contributed by atoms with Gasteiger partial charge < -0.3 is 14.7 Å². The van der Waals surface area contributed by atoms with E-state index in [1.807, 2.05) is 31.2 Å². The van der Waals surface area contributed by atoms with Crippen LogP contribution in [0.3, 0.4) is 0 Å². The van der Waals surface area contributed by atoms with Gasteiger partial charge in [-0.1, -0.05) is 60.2 Å². The first-order chi connectivity index (χ1) is 18.2. The first-order valence-corrected chi connectivity index (χ1v) is 14.8. The standard InChI is InChI=1S/C30H36N2O5S/c1-20-12-14-23(15-13-20)38(35,36)31-29(30(33)34)26-18-28(25-11-5-9-22-8-3-4-10-24(22)25)37-27(26)17-21-7-6-16-32(2)19-21/h3-5,8-15,21,26-29,31H,6-7,16-19H2,1-2H3,(H,33,34)/t21?,26-,27+,28?,29?/m0/s1. The number of likely N-dealkylation sites (tertiary alicyclic amines) is 1. The zero-order valence-electron chi connectivity index (χ0n) is 21.9. The van der Waals surface area contributed by atoms with E-state index in [9.17, 15) is 18.3 Å². The second kappa shape index (κ2) is 11.1. The molecule has 0 amide bonds. The highest BCUT2D eigenvalue weighted by atomic mass is 32.2. The molecule has 5 atom stereocenters. The molecule has 2 heterocycles. The third kappa shape index (κ3) is 5.78. The number of fused-ring (bicyclic) bond motifs is 1. The number of hydrogen-bond acceptors (Lipinski definition) is 5. The molecule has 3 aromatic rings. The molecular formula is C30H36N2O5S. The van der Waals surface area contributed by atoms with Gasteiger partial charge in [0.05, 0.1) is 17.1 Å². The van der Waals surface area contributed by atoms with Crippen molar-refractivity contribution in [2.75, 3.05) is 20.1 Å². The van der Waals surface area contributed by atoms with E-state index < -0.39 is 28.0 Å². The number of carboxylic acids is 1. The molecule has 0 aliphatic carbocycles. The monoisotopic (exact) mass is 536 g/mol. The van der Waals surface area contributed by atoms with Gasteiger partial charge in [-0.15, -0.1) is 0 Å². The van der Waals surface area contributed by atoms with Crippen LogP contribution in [0.25, 0.3) is 10.8 Å². The second-order valence-electron chi connectivity index (χ2n) is 10.9. The van der Waals surface area contributed by atoms with Gasteiger partial charge in [-0.25, -0.2) is 8.42 Å². The predicted octanol–water partition coefficient (Wildman–Crippen LogP) is 4.76. The SMILES string of the molecule is Cc1ccc(S(=O)(=O)NC(C(=O)O)[C@H]2CC(c3cccc4ccccc34)O[C@@H]2CC2CCCN(C)C2)cc1. The molecule has 2 aliphatic rings. The minimum Gasteiger partial charge on any atom is -0.480 e. The molecule has 0 radical (unpaired) electrons. The van der Waals surface area contributed by atoms with Gasteiger partial charge in [0.15, 0.2) is 0 Å². The number of sulfonamides is 1. The first-order valence-electron chi connectivity index (χ1n) is 13.3. The van der Waals surface area contributed by atoms with E-state index in [-0.39, 0.29) is 17.1 Å². The summed E-state index contributed by atoms with van der Waals surface area (Å²) < 4.78 is 35.7. The third-order valence-corrected chi connectivity index (χ3v) is 9.53. The number of hydrogen-bond donors (Lipinski definition) is 2. The van der Waals surface area contributed by atoms with Gasteiger partial charge in [-0.3, -0.25) is 4.79 Å². The summed E-state index contributed by atoms with van der Waals surface area (Å²) >= 11 is 0. The van der Waals surface area contributed by atoms with Crippen LogP contribution < -0.4 is 4.72 Å². The lowest BCUT2D eigenvalue weighted by atomic mass is 9.83. The maximum atomic E-state index is 13.3. The van der Waals surface area contributed by atoms with Crippen molar-refractivity contribution in [3.05, 3.63) is 77.9 Å². The van der Waals surface area contributed by atoms with Crippen molar-refractivity contribution in [3.8, 4) is 0 Å². The van der Waals surface area contributed by atoms with Gasteiger partial charge in [0.1, 0.15) is 6.04 Å². The maximum Gasteiger partial charge on any atom is 0.322 e. The number of aliphatic carboxylic acids is 1. The van der Waals surface area contributed by atoms with E-state index >= 15 is 0 Å². The van der Waals surface area contributed by atoms with Crippen LogP contribution in [0.2, 0.25) is 0 Å². The van der Waals surface area contributed by atoms with E-state index in [0.29, 0.717) is 18.8 Å². The average molecular weight is 537 g/mol. The third-order valence-electron chi connectivity index (χ3n) is 8.07. The Morgan fingerprint density at radius 1 is 1.11 bits per heavy atom. The summed E-state index contributed by atoms with van der Waals surface area (Å²) in [5.74, 6) is -1.32. The molecule has 202 valence electrons. The topological polar surface area (TPSA) is 95.9 Å². The summed E-state index contributed by atoms with van der Waals surface area (Å²) in [6.07, 6.45) is 2.58. The number of piperidine rings is 1. The van der Waals surface area contributed by atoms with Crippen LogP contribution in [0.5, 0.6) is 0 Å². The Labute approximate surface area is 224 Å². The number of nitrogens with zero attached hydrogens (tertiary/aromatic N) is 1. The fourth-order valence-corrected chi connectivity index (χ4v) is 7.39. The number of carboxylic acid groups (broad SMARTS) is 1. The normalized spacial score (nSPS) is 25.4. The number of nitrogens with one attached hydrogen (secondary N) is 1. The smallest absolute Gasteiger partial charge is 0.322 e. The van der Waals surface area contributed by atoms with Crippen molar-refractivity contribution < 1.29 is 23.1 Å². The highest BCUT2D eigenvalue weighted by molar-refractivity contribution is 7.89. The molecule has 7 nitrogen and oxygen atoms in total. The summed E-state index contributed by atoms with van der Waals surface area (Å²) in [5, 5.41) is 12.5. The minimum atomic E-state index is -4.04. The van der Waals surface area contributed by atoms with Crippen LogP contribution in [0.4, 0.5) is 0 Å². The van der Waals surface area contributed by atoms with Crippen molar-refractivity contribution >= 4 is 26.8 Å². The maximum absolute atomic E-state index is 13.3. The Balaban J connectivity index is 1.47. The molecule has 3 unspecified atom stereocenters. The number of aryl methyl sites for hydroxylation is 1. The van der Waals surface area contributed by atoms with Crippen LogP contribution in [0, 0.1) is 18.8 Å². The summed E-state index contributed by atoms with van der Waals surface area (Å²) in [6, 6.07) is 19.3. The second-order valence-corrected chi connectivity index (χ2v) is 12.6. The minimum absolute atomic E-state index is 0.0596. The van der Waals surface area contributed by atoms with E-state index in [2.05, 4.69) is 34.9 Å². The Kier molecular flexibility index (Phi) is 7.86. The Hall–Kier alpha value is -2.78. The van der Waals surface area contributed by atoms with Crippen molar-refractivity contribution in [2.24, 2.45) is 11.8 Å². The molecule has 2 N–H and O–H groups in total. The summed E-state index contributed by atoms with van der Waals surface area (Å²) in [4.78, 5) is 15.0. The number of rotatable bonds is 8. The molecule has 38 heavy (non-hydrogen) atoms. The summed E-state index contributed by atoms with van der Waals surface area (Å²) in [5.41, 5.74) is 1.94. The van der Waals surface area contributed by atoms with Gasteiger partial charge in [-0.05, 0) is 80.6 Å². The Morgan fingerprint density at radius 2 is 1.84 bits per heavy atom. The zero-order valence-corrected chi connectivity index (χ0v) is 22.7. The molecule has 0 aromatic heterocycles. The van der Waals surface area contributed by atoms with E-state index in [4.69, 9.17) is 4.74 Å². The lowest BCUT2D eigenvalue weighted by Crippen LogP contribution is -2.49. The van der Waals surface area contributed by atoms with E-state index in [1.165, 1.54) is 12.1 Å². The summed E-state index contributed by atoms with van der Waals surface area (Å²) in [6.45, 7) is 3.86. The number of carbonyl (C=O) groups is 1. The van der Waals surface area contributed by atoms with Gasteiger partial charge >= 0.3 is 5.97 Å². The summed E-state index contributed by atoms with van der Waals surface area (Å²) in [7, 11) is -1.93. The molecule has 8 heteroatoms. The lowest BCUT2D eigenvalue weighted by Gasteiger charge is -2.33. The average Bonchev–Trinajstić information content (AvgIpc) is 3.30. The van der Waals surface area contributed by atoms with Crippen molar-refractivity contribution in [1.29, 1.82) is 0 Å². The van der Waals surface area contributed by atoms with Crippen molar-refractivity contribution in [1.82, 2.24) is 9.62 Å². The zero-order chi connectivity index (χ0) is 26.9. The van der Waals surface area contributed by atoms with Crippen LogP contribution in [-0.4, -0.2) is 56.7 Å². The Morgan fingerprint density at radius 3 is 2.58 bits per heavy atom. The Bertz CT molecular complexity index is 1390. The molecule has 0 bridgehead atoms. The van der Waals surface area contributed by atoms with Gasteiger partial charge in [0.25, 0.3) is 0 Å². The van der Waals surface area contributed by atoms with Crippen LogP contribution in [0.15, 0.2) is 71.6 Å². The first kappa shape index (κ1) is 26.8. The molecular weight excluding hydrogens is 500 g/mol. The van der Waals surface area contributed by atoms with Crippen molar-refractivity contribution in [3.63, 3.8) is 0 Å². The molecule has 2 saturated heterocycles. The predicted molar refractivity (Wildman–Crippen MR) is 147 cm³/mol. The fraction of sp³-hybridized carbons (Fsp3) is 0.433. The van der Waals surface area contributed by atoms with Crippen molar-refractivity contribution in [2.45, 2.75) is 55.8 Å². The quantitative estimate of drug-likeness (QED) is 0.431. The fourth-order valence-electron chi connectivity index (χ4n) is 6.15. The molecule has 0 spiro atoms. The molecule has 5 rings (SSSR count). The van der Waals surface area contributed by atoms with Gasteiger partial charge in [-0.2, -0.15) is 4.72 Å². The van der Waals surface area contributed by atoms with E-state index in [1.54, 1.807) is 12.1 Å². The van der Waals surface area contributed by atoms with Crippen LogP contribution in [-0.2, 0) is 19.6 Å². The van der Waals surface area contributed by atoms with E-state index in [0.717, 1.165) is 47.8 Å². The number of benzene rings is 3. The molecule has 2 fully saturated rings. The van der Waals surface area contributed by atoms with Gasteiger partial charge in [0, 0.05) is 12.5 Å². The molecule has 2 aliphatic heterocycles. The highest BCUT2D eigenvalue weighted by Gasteiger charge is 2.46. The lowest BCUT2D eigenvalue weighted by molar-refractivity contribution is -0.141. The van der Waals surface area contributed by atoms with Gasteiger partial charge in [0.2, 0.25) is 10.0 Å². The van der Waals surface area contributed by atoms with Crippen LogP contribution >= 0.6 is 0 Å². The van der Waals surface area contributed by atoms with Crippen LogP contribution in [0.1, 0.15) is 42.9 Å².